The number of ketones is 1. The Hall–Kier alpha value is -2.17. The molecular formula is C17H20N2O3. The van der Waals surface area contributed by atoms with Gasteiger partial charge in [-0.3, -0.25) is 4.79 Å². The van der Waals surface area contributed by atoms with Gasteiger partial charge < -0.3 is 9.26 Å². The SMILES string of the molecule is CC(C)c1noc([C@H](C)Oc2ccc3c(c2)CCCC3=O)n1. The molecule has 22 heavy (non-hydrogen) atoms. The first-order chi connectivity index (χ1) is 10.5. The second kappa shape index (κ2) is 5.91. The van der Waals surface area contributed by atoms with Crippen LogP contribution in [-0.4, -0.2) is 15.9 Å². The number of rotatable bonds is 4. The van der Waals surface area contributed by atoms with Crippen LogP contribution in [0.15, 0.2) is 22.7 Å². The van der Waals surface area contributed by atoms with E-state index < -0.39 is 0 Å². The highest BCUT2D eigenvalue weighted by molar-refractivity contribution is 5.98. The van der Waals surface area contributed by atoms with Gasteiger partial charge in [0.2, 0.25) is 0 Å². The predicted molar refractivity (Wildman–Crippen MR) is 81.1 cm³/mol. The third-order valence-electron chi connectivity index (χ3n) is 3.86. The number of nitrogens with zero attached hydrogens (tertiary/aromatic N) is 2. The minimum atomic E-state index is -0.322. The zero-order chi connectivity index (χ0) is 15.7. The molecule has 0 spiro atoms. The van der Waals surface area contributed by atoms with Gasteiger partial charge in [0.05, 0.1) is 0 Å². The Morgan fingerprint density at radius 1 is 1.23 bits per heavy atom. The van der Waals surface area contributed by atoms with Crippen LogP contribution in [0.1, 0.15) is 73.3 Å². The van der Waals surface area contributed by atoms with Crippen LogP contribution in [0, 0.1) is 0 Å². The second-order valence-electron chi connectivity index (χ2n) is 6.00. The topological polar surface area (TPSA) is 65.2 Å². The monoisotopic (exact) mass is 300 g/mol. The summed E-state index contributed by atoms with van der Waals surface area (Å²) in [6.07, 6.45) is 2.15. The predicted octanol–water partition coefficient (Wildman–Crippen LogP) is 3.85. The minimum absolute atomic E-state index is 0.222. The van der Waals surface area contributed by atoms with Gasteiger partial charge in [-0.15, -0.1) is 0 Å². The number of carbonyl (C=O) groups is 1. The van der Waals surface area contributed by atoms with Crippen LogP contribution in [0.2, 0.25) is 0 Å². The summed E-state index contributed by atoms with van der Waals surface area (Å²) in [6.45, 7) is 5.91. The van der Waals surface area contributed by atoms with Gasteiger partial charge >= 0.3 is 0 Å². The van der Waals surface area contributed by atoms with Crippen LogP contribution >= 0.6 is 0 Å². The van der Waals surface area contributed by atoms with Crippen molar-refractivity contribution in [2.45, 2.75) is 52.1 Å². The van der Waals surface area contributed by atoms with Gasteiger partial charge in [0, 0.05) is 17.9 Å². The average molecular weight is 300 g/mol. The summed E-state index contributed by atoms with van der Waals surface area (Å²) in [5.41, 5.74) is 1.89. The van der Waals surface area contributed by atoms with Gasteiger partial charge in [0.25, 0.3) is 5.89 Å². The fraction of sp³-hybridized carbons (Fsp3) is 0.471. The Morgan fingerprint density at radius 2 is 2.05 bits per heavy atom. The molecule has 0 bridgehead atoms. The molecule has 0 aliphatic heterocycles. The molecule has 0 saturated carbocycles. The summed E-state index contributed by atoms with van der Waals surface area (Å²) in [5.74, 6) is 2.32. The number of aromatic nitrogens is 2. The quantitative estimate of drug-likeness (QED) is 0.858. The number of Topliss-reactive ketones (excluding diaryl/α,β-unsaturated/α-hetero) is 1. The molecule has 1 aromatic heterocycles. The fourth-order valence-electron chi connectivity index (χ4n) is 2.60. The second-order valence-corrected chi connectivity index (χ2v) is 6.00. The van der Waals surface area contributed by atoms with E-state index in [0.29, 0.717) is 18.1 Å². The van der Waals surface area contributed by atoms with Crippen molar-refractivity contribution in [1.82, 2.24) is 10.1 Å². The summed E-state index contributed by atoms with van der Waals surface area (Å²) in [4.78, 5) is 16.2. The van der Waals surface area contributed by atoms with Gasteiger partial charge in [-0.05, 0) is 43.5 Å². The average Bonchev–Trinajstić information content (AvgIpc) is 2.97. The van der Waals surface area contributed by atoms with Crippen molar-refractivity contribution in [2.75, 3.05) is 0 Å². The Morgan fingerprint density at radius 3 is 2.77 bits per heavy atom. The fourth-order valence-corrected chi connectivity index (χ4v) is 2.60. The highest BCUT2D eigenvalue weighted by Crippen LogP contribution is 2.28. The molecule has 1 aliphatic carbocycles. The van der Waals surface area contributed by atoms with E-state index in [-0.39, 0.29) is 17.8 Å². The normalized spacial score (nSPS) is 15.7. The Labute approximate surface area is 129 Å². The van der Waals surface area contributed by atoms with Gasteiger partial charge in [-0.25, -0.2) is 0 Å². The summed E-state index contributed by atoms with van der Waals surface area (Å²) >= 11 is 0. The van der Waals surface area contributed by atoms with Gasteiger partial charge in [-0.2, -0.15) is 4.98 Å². The van der Waals surface area contributed by atoms with E-state index in [1.807, 2.05) is 39.0 Å². The smallest absolute Gasteiger partial charge is 0.267 e. The van der Waals surface area contributed by atoms with E-state index in [9.17, 15) is 4.79 Å². The van der Waals surface area contributed by atoms with E-state index in [4.69, 9.17) is 9.26 Å². The standard InChI is InChI=1S/C17H20N2O3/c1-10(2)16-18-17(22-19-16)11(3)21-13-7-8-14-12(9-13)5-4-6-15(14)20/h7-11H,4-6H2,1-3H3/t11-/m0/s1. The van der Waals surface area contributed by atoms with Crippen LogP contribution in [0.25, 0.3) is 0 Å². The molecule has 0 saturated heterocycles. The zero-order valence-corrected chi connectivity index (χ0v) is 13.1. The molecule has 5 nitrogen and oxygen atoms in total. The van der Waals surface area contributed by atoms with E-state index in [0.717, 1.165) is 29.7 Å². The van der Waals surface area contributed by atoms with Gasteiger partial charge in [-0.1, -0.05) is 19.0 Å². The molecule has 1 atom stereocenters. The lowest BCUT2D eigenvalue weighted by molar-refractivity contribution is 0.0972. The molecule has 0 N–H and O–H groups in total. The minimum Gasteiger partial charge on any atom is -0.481 e. The summed E-state index contributed by atoms with van der Waals surface area (Å²) < 4.78 is 11.1. The first kappa shape index (κ1) is 14.8. The molecule has 0 fully saturated rings. The van der Waals surface area contributed by atoms with E-state index >= 15 is 0 Å². The summed E-state index contributed by atoms with van der Waals surface area (Å²) in [6, 6.07) is 5.63. The molecule has 3 rings (SSSR count). The molecule has 1 heterocycles. The van der Waals surface area contributed by atoms with Crippen molar-refractivity contribution in [2.24, 2.45) is 0 Å². The molecule has 0 amide bonds. The van der Waals surface area contributed by atoms with Crippen molar-refractivity contribution in [1.29, 1.82) is 0 Å². The first-order valence-electron chi connectivity index (χ1n) is 7.71. The number of aryl methyl sites for hydroxylation is 1. The molecular weight excluding hydrogens is 280 g/mol. The lowest BCUT2D eigenvalue weighted by Gasteiger charge is -2.17. The maximum atomic E-state index is 11.8. The van der Waals surface area contributed by atoms with Crippen molar-refractivity contribution in [3.63, 3.8) is 0 Å². The number of carbonyl (C=O) groups excluding carboxylic acids is 1. The lowest BCUT2D eigenvalue weighted by atomic mass is 9.90. The molecule has 2 aromatic rings. The molecule has 5 heteroatoms. The zero-order valence-electron chi connectivity index (χ0n) is 13.1. The van der Waals surface area contributed by atoms with Crippen LogP contribution in [-0.2, 0) is 6.42 Å². The van der Waals surface area contributed by atoms with Crippen LogP contribution in [0.4, 0.5) is 0 Å². The van der Waals surface area contributed by atoms with Crippen molar-refractivity contribution in [3.05, 3.63) is 41.0 Å². The Balaban J connectivity index is 1.76. The van der Waals surface area contributed by atoms with Crippen molar-refractivity contribution < 1.29 is 14.1 Å². The highest BCUT2D eigenvalue weighted by atomic mass is 16.5. The largest absolute Gasteiger partial charge is 0.481 e. The highest BCUT2D eigenvalue weighted by Gasteiger charge is 2.20. The van der Waals surface area contributed by atoms with Gasteiger partial charge in [0.15, 0.2) is 17.7 Å². The summed E-state index contributed by atoms with van der Waals surface area (Å²) in [7, 11) is 0. The first-order valence-corrected chi connectivity index (χ1v) is 7.71. The summed E-state index contributed by atoms with van der Waals surface area (Å²) in [5, 5.41) is 3.95. The third kappa shape index (κ3) is 2.89. The maximum Gasteiger partial charge on any atom is 0.267 e. The molecule has 1 aliphatic rings. The third-order valence-corrected chi connectivity index (χ3v) is 3.86. The number of hydrogen-bond acceptors (Lipinski definition) is 5. The van der Waals surface area contributed by atoms with Crippen LogP contribution < -0.4 is 4.74 Å². The van der Waals surface area contributed by atoms with E-state index in [1.54, 1.807) is 0 Å². The number of ether oxygens (including phenoxy) is 1. The molecule has 116 valence electrons. The van der Waals surface area contributed by atoms with Crippen LogP contribution in [0.5, 0.6) is 5.75 Å². The number of hydrogen-bond donors (Lipinski definition) is 0. The van der Waals surface area contributed by atoms with Crippen molar-refractivity contribution >= 4 is 5.78 Å². The van der Waals surface area contributed by atoms with E-state index in [2.05, 4.69) is 10.1 Å². The van der Waals surface area contributed by atoms with Crippen molar-refractivity contribution in [3.8, 4) is 5.75 Å². The Bertz CT molecular complexity index is 691. The Kier molecular flexibility index (Phi) is 3.96. The maximum absolute atomic E-state index is 11.8. The lowest BCUT2D eigenvalue weighted by Crippen LogP contribution is -2.11. The number of benzene rings is 1. The van der Waals surface area contributed by atoms with Gasteiger partial charge in [0.1, 0.15) is 5.75 Å². The molecule has 1 aromatic carbocycles. The molecule has 0 radical (unpaired) electrons. The molecule has 0 unspecified atom stereocenters. The van der Waals surface area contributed by atoms with E-state index in [1.165, 1.54) is 0 Å². The van der Waals surface area contributed by atoms with Crippen LogP contribution in [0.3, 0.4) is 0 Å². The number of fused-ring (bicyclic) bond motifs is 1.